The number of halogens is 1. The molecule has 2 atom stereocenters. The Hall–Kier alpha value is -0.810. The number of amides is 2. The van der Waals surface area contributed by atoms with Crippen LogP contribution in [0.25, 0.3) is 0 Å². The van der Waals surface area contributed by atoms with E-state index in [-0.39, 0.29) is 42.8 Å². The molecule has 0 aromatic rings. The quantitative estimate of drug-likeness (QED) is 0.775. The first-order chi connectivity index (χ1) is 10.6. The van der Waals surface area contributed by atoms with E-state index in [1.807, 2.05) is 11.8 Å². The van der Waals surface area contributed by atoms with Crippen LogP contribution in [0.3, 0.4) is 0 Å². The Morgan fingerprint density at radius 1 is 1.17 bits per heavy atom. The topological polar surface area (TPSA) is 75.4 Å². The highest BCUT2D eigenvalue weighted by Gasteiger charge is 2.29. The third-order valence-corrected chi connectivity index (χ3v) is 5.17. The maximum absolute atomic E-state index is 12.3. The molecule has 2 amide bonds. The van der Waals surface area contributed by atoms with Crippen molar-refractivity contribution in [3.8, 4) is 0 Å². The first-order valence-corrected chi connectivity index (χ1v) is 8.89. The summed E-state index contributed by atoms with van der Waals surface area (Å²) in [7, 11) is 0. The van der Waals surface area contributed by atoms with Crippen LogP contribution in [-0.4, -0.2) is 41.9 Å². The van der Waals surface area contributed by atoms with E-state index in [0.29, 0.717) is 12.3 Å². The maximum Gasteiger partial charge on any atom is 0.242 e. The van der Waals surface area contributed by atoms with Crippen LogP contribution in [0.1, 0.15) is 64.7 Å². The normalized spacial score (nSPS) is 23.2. The molecule has 1 aliphatic carbocycles. The Balaban J connectivity index is 0.00000264. The van der Waals surface area contributed by atoms with Gasteiger partial charge in [0.05, 0.1) is 6.54 Å². The van der Waals surface area contributed by atoms with Crippen LogP contribution in [0.4, 0.5) is 0 Å². The first kappa shape index (κ1) is 20.2. The van der Waals surface area contributed by atoms with E-state index >= 15 is 0 Å². The number of carbonyl (C=O) groups is 2. The van der Waals surface area contributed by atoms with Crippen molar-refractivity contribution in [2.45, 2.75) is 76.8 Å². The molecule has 0 bridgehead atoms. The predicted octanol–water partition coefficient (Wildman–Crippen LogP) is 2.22. The number of rotatable bonds is 6. The highest BCUT2D eigenvalue weighted by atomic mass is 35.5. The molecule has 3 N–H and O–H groups in total. The number of nitrogens with zero attached hydrogens (tertiary/aromatic N) is 1. The molecule has 0 aromatic carbocycles. The van der Waals surface area contributed by atoms with E-state index in [4.69, 9.17) is 5.73 Å². The lowest BCUT2D eigenvalue weighted by Gasteiger charge is -2.38. The van der Waals surface area contributed by atoms with Crippen molar-refractivity contribution >= 4 is 24.2 Å². The fourth-order valence-electron chi connectivity index (χ4n) is 3.81. The second-order valence-electron chi connectivity index (χ2n) is 6.98. The lowest BCUT2D eigenvalue weighted by Crippen LogP contribution is -2.54. The highest BCUT2D eigenvalue weighted by Crippen LogP contribution is 2.28. The molecule has 2 unspecified atom stereocenters. The minimum Gasteiger partial charge on any atom is -0.347 e. The van der Waals surface area contributed by atoms with E-state index < -0.39 is 0 Å². The molecular weight excluding hydrogens is 314 g/mol. The van der Waals surface area contributed by atoms with E-state index in [2.05, 4.69) is 5.32 Å². The van der Waals surface area contributed by atoms with Crippen LogP contribution in [0.5, 0.6) is 0 Å². The standard InChI is InChI=1S/C17H31N3O2.ClH/c1-13(18)15-8-4-5-11-20(15)17(22)12-19-16(21)10-9-14-6-2-3-7-14;/h13-15H,2-12,18H2,1H3,(H,19,21);1H. The van der Waals surface area contributed by atoms with Gasteiger partial charge in [0.2, 0.25) is 11.8 Å². The Morgan fingerprint density at radius 3 is 2.48 bits per heavy atom. The zero-order chi connectivity index (χ0) is 15.9. The molecule has 2 fully saturated rings. The van der Waals surface area contributed by atoms with E-state index in [9.17, 15) is 9.59 Å². The highest BCUT2D eigenvalue weighted by molar-refractivity contribution is 5.85. The summed E-state index contributed by atoms with van der Waals surface area (Å²) < 4.78 is 0. The number of nitrogens with one attached hydrogen (secondary N) is 1. The predicted molar refractivity (Wildman–Crippen MR) is 94.5 cm³/mol. The number of hydrogen-bond acceptors (Lipinski definition) is 3. The van der Waals surface area contributed by atoms with Gasteiger partial charge < -0.3 is 16.0 Å². The number of likely N-dealkylation sites (tertiary alicyclic amines) is 1. The third kappa shape index (κ3) is 6.30. The van der Waals surface area contributed by atoms with Crippen molar-refractivity contribution in [2.24, 2.45) is 11.7 Å². The Labute approximate surface area is 146 Å². The van der Waals surface area contributed by atoms with E-state index in [1.165, 1.54) is 25.7 Å². The molecule has 1 aliphatic heterocycles. The number of piperidine rings is 1. The fourth-order valence-corrected chi connectivity index (χ4v) is 3.81. The summed E-state index contributed by atoms with van der Waals surface area (Å²) in [6, 6.07) is 0.110. The van der Waals surface area contributed by atoms with E-state index in [0.717, 1.165) is 32.2 Å². The summed E-state index contributed by atoms with van der Waals surface area (Å²) in [6.45, 7) is 2.84. The van der Waals surface area contributed by atoms with Crippen molar-refractivity contribution in [3.63, 3.8) is 0 Å². The molecule has 0 radical (unpaired) electrons. The lowest BCUT2D eigenvalue weighted by atomic mass is 9.97. The van der Waals surface area contributed by atoms with Crippen molar-refractivity contribution in [1.29, 1.82) is 0 Å². The molecule has 1 saturated heterocycles. The summed E-state index contributed by atoms with van der Waals surface area (Å²) >= 11 is 0. The molecule has 6 heteroatoms. The van der Waals surface area contributed by atoms with Gasteiger partial charge in [-0.3, -0.25) is 9.59 Å². The zero-order valence-electron chi connectivity index (χ0n) is 14.3. The fraction of sp³-hybridized carbons (Fsp3) is 0.882. The molecule has 23 heavy (non-hydrogen) atoms. The molecule has 0 spiro atoms. The molecule has 134 valence electrons. The summed E-state index contributed by atoms with van der Waals surface area (Å²) in [5.41, 5.74) is 5.99. The average Bonchev–Trinajstić information content (AvgIpc) is 3.04. The summed E-state index contributed by atoms with van der Waals surface area (Å²) in [6.07, 6.45) is 9.77. The second-order valence-corrected chi connectivity index (χ2v) is 6.98. The van der Waals surface area contributed by atoms with Gasteiger partial charge in [0, 0.05) is 25.0 Å². The maximum atomic E-state index is 12.3. The van der Waals surface area contributed by atoms with Crippen molar-refractivity contribution in [2.75, 3.05) is 13.1 Å². The summed E-state index contributed by atoms with van der Waals surface area (Å²) in [5, 5.41) is 2.79. The van der Waals surface area contributed by atoms with Gasteiger partial charge >= 0.3 is 0 Å². The average molecular weight is 346 g/mol. The Kier molecular flexibility index (Phi) is 8.92. The molecule has 5 nitrogen and oxygen atoms in total. The van der Waals surface area contributed by atoms with Crippen molar-refractivity contribution in [3.05, 3.63) is 0 Å². The molecule has 1 saturated carbocycles. The summed E-state index contributed by atoms with van der Waals surface area (Å²) in [4.78, 5) is 26.1. The van der Waals surface area contributed by atoms with Gasteiger partial charge in [-0.1, -0.05) is 25.7 Å². The second kappa shape index (κ2) is 10.1. The van der Waals surface area contributed by atoms with Crippen LogP contribution in [0.15, 0.2) is 0 Å². The van der Waals surface area contributed by atoms with Crippen LogP contribution < -0.4 is 11.1 Å². The van der Waals surface area contributed by atoms with Gasteiger partial charge in [0.1, 0.15) is 0 Å². The third-order valence-electron chi connectivity index (χ3n) is 5.17. The van der Waals surface area contributed by atoms with Gasteiger partial charge in [-0.05, 0) is 38.5 Å². The van der Waals surface area contributed by atoms with Crippen molar-refractivity contribution in [1.82, 2.24) is 10.2 Å². The minimum absolute atomic E-state index is 0. The van der Waals surface area contributed by atoms with Gasteiger partial charge in [-0.15, -0.1) is 12.4 Å². The van der Waals surface area contributed by atoms with Crippen LogP contribution >= 0.6 is 12.4 Å². The zero-order valence-corrected chi connectivity index (χ0v) is 15.1. The molecule has 2 aliphatic rings. The van der Waals surface area contributed by atoms with Crippen molar-refractivity contribution < 1.29 is 9.59 Å². The molecular formula is C17H32ClN3O2. The molecule has 1 heterocycles. The number of carbonyl (C=O) groups excluding carboxylic acids is 2. The van der Waals surface area contributed by atoms with Gasteiger partial charge in [0.15, 0.2) is 0 Å². The van der Waals surface area contributed by atoms with Crippen LogP contribution in [-0.2, 0) is 9.59 Å². The van der Waals surface area contributed by atoms with Crippen LogP contribution in [0, 0.1) is 5.92 Å². The molecule has 2 rings (SSSR count). The first-order valence-electron chi connectivity index (χ1n) is 8.89. The van der Waals surface area contributed by atoms with Crippen LogP contribution in [0.2, 0.25) is 0 Å². The van der Waals surface area contributed by atoms with Gasteiger partial charge in [-0.25, -0.2) is 0 Å². The lowest BCUT2D eigenvalue weighted by molar-refractivity contribution is -0.136. The largest absolute Gasteiger partial charge is 0.347 e. The monoisotopic (exact) mass is 345 g/mol. The van der Waals surface area contributed by atoms with Gasteiger partial charge in [-0.2, -0.15) is 0 Å². The summed E-state index contributed by atoms with van der Waals surface area (Å²) in [5.74, 6) is 0.733. The number of hydrogen-bond donors (Lipinski definition) is 2. The van der Waals surface area contributed by atoms with Gasteiger partial charge in [0.25, 0.3) is 0 Å². The SMILES string of the molecule is CC(N)C1CCCCN1C(=O)CNC(=O)CCC1CCCC1.Cl. The Morgan fingerprint density at radius 2 is 1.83 bits per heavy atom. The number of nitrogens with two attached hydrogens (primary N) is 1. The molecule has 0 aromatic heterocycles. The Bertz CT molecular complexity index is 384. The smallest absolute Gasteiger partial charge is 0.242 e. The van der Waals surface area contributed by atoms with E-state index in [1.54, 1.807) is 0 Å². The minimum atomic E-state index is -0.0117.